The van der Waals surface area contributed by atoms with E-state index in [-0.39, 0.29) is 11.6 Å². The molecule has 0 radical (unpaired) electrons. The average molecular weight is 232 g/mol. The van der Waals surface area contributed by atoms with Crippen LogP contribution in [0.25, 0.3) is 0 Å². The molecule has 90 valence electrons. The van der Waals surface area contributed by atoms with Crippen LogP contribution in [-0.4, -0.2) is 5.78 Å². The van der Waals surface area contributed by atoms with E-state index in [0.29, 0.717) is 11.5 Å². The summed E-state index contributed by atoms with van der Waals surface area (Å²) in [7, 11) is 0. The molecule has 1 aliphatic carbocycles. The molecule has 1 aromatic carbocycles. The number of aryl methyl sites for hydroxylation is 1. The van der Waals surface area contributed by atoms with Crippen LogP contribution in [0.3, 0.4) is 0 Å². The Kier molecular flexibility index (Phi) is 3.41. The van der Waals surface area contributed by atoms with E-state index in [0.717, 1.165) is 30.4 Å². The van der Waals surface area contributed by atoms with E-state index in [1.165, 1.54) is 12.1 Å². The van der Waals surface area contributed by atoms with Gasteiger partial charge in [0.15, 0.2) is 5.78 Å². The number of benzene rings is 1. The Balaban J connectivity index is 2.28. The molecule has 0 aliphatic heterocycles. The number of halogens is 1. The van der Waals surface area contributed by atoms with E-state index in [9.17, 15) is 9.18 Å². The van der Waals surface area contributed by atoms with Gasteiger partial charge in [0.05, 0.1) is 0 Å². The molecule has 1 aliphatic rings. The van der Waals surface area contributed by atoms with Gasteiger partial charge in [0, 0.05) is 5.56 Å². The first-order valence-corrected chi connectivity index (χ1v) is 6.08. The summed E-state index contributed by atoms with van der Waals surface area (Å²) < 4.78 is 13.2. The summed E-state index contributed by atoms with van der Waals surface area (Å²) in [5.74, 6) is 0.304. The Labute approximate surface area is 101 Å². The summed E-state index contributed by atoms with van der Waals surface area (Å²) in [6.45, 7) is 4.03. The second-order valence-electron chi connectivity index (χ2n) is 4.90. The molecule has 0 spiro atoms. The second-order valence-corrected chi connectivity index (χ2v) is 4.90. The van der Waals surface area contributed by atoms with Gasteiger partial charge in [-0.1, -0.05) is 19.1 Å². The molecule has 17 heavy (non-hydrogen) atoms. The molecular weight excluding hydrogens is 215 g/mol. The fraction of sp³-hybridized carbons (Fsp3) is 0.400. The molecule has 0 saturated heterocycles. The second kappa shape index (κ2) is 4.82. The molecule has 0 amide bonds. The predicted molar refractivity (Wildman–Crippen MR) is 66.6 cm³/mol. The first-order chi connectivity index (χ1) is 8.08. The number of allylic oxidation sites excluding steroid dienone is 2. The maximum absolute atomic E-state index is 13.2. The number of carbonyl (C=O) groups excluding carboxylic acids is 1. The highest BCUT2D eigenvalue weighted by Crippen LogP contribution is 2.26. The summed E-state index contributed by atoms with van der Waals surface area (Å²) in [5, 5.41) is 0. The van der Waals surface area contributed by atoms with E-state index in [1.807, 2.05) is 13.0 Å². The normalized spacial score (nSPS) is 19.9. The largest absolute Gasteiger partial charge is 0.289 e. The maximum atomic E-state index is 13.2. The number of hydrogen-bond donors (Lipinski definition) is 0. The van der Waals surface area contributed by atoms with Crippen LogP contribution < -0.4 is 0 Å². The van der Waals surface area contributed by atoms with Gasteiger partial charge in [-0.15, -0.1) is 0 Å². The van der Waals surface area contributed by atoms with Crippen LogP contribution >= 0.6 is 0 Å². The van der Waals surface area contributed by atoms with Crippen molar-refractivity contribution in [1.82, 2.24) is 0 Å². The summed E-state index contributed by atoms with van der Waals surface area (Å²) in [4.78, 5) is 12.2. The molecule has 1 nitrogen and oxygen atoms in total. The van der Waals surface area contributed by atoms with Crippen LogP contribution in [0.15, 0.2) is 29.8 Å². The topological polar surface area (TPSA) is 17.1 Å². The van der Waals surface area contributed by atoms with Crippen molar-refractivity contribution in [3.05, 3.63) is 46.8 Å². The van der Waals surface area contributed by atoms with Crippen molar-refractivity contribution in [3.8, 4) is 0 Å². The lowest BCUT2D eigenvalue weighted by atomic mass is 9.86. The zero-order valence-corrected chi connectivity index (χ0v) is 10.3. The molecule has 0 bridgehead atoms. The zero-order chi connectivity index (χ0) is 12.4. The van der Waals surface area contributed by atoms with Crippen molar-refractivity contribution in [2.24, 2.45) is 5.92 Å². The van der Waals surface area contributed by atoms with E-state index < -0.39 is 0 Å². The SMILES string of the molecule is Cc1ccc(F)cc1C(=O)C1=CCC(C)CC1. The Morgan fingerprint density at radius 2 is 2.18 bits per heavy atom. The fourth-order valence-corrected chi connectivity index (χ4v) is 2.18. The molecule has 0 aromatic heterocycles. The van der Waals surface area contributed by atoms with Gasteiger partial charge >= 0.3 is 0 Å². The number of ketones is 1. The third kappa shape index (κ3) is 2.63. The Hall–Kier alpha value is -1.44. The van der Waals surface area contributed by atoms with Gasteiger partial charge in [0.1, 0.15) is 5.82 Å². The van der Waals surface area contributed by atoms with Crippen LogP contribution in [0.2, 0.25) is 0 Å². The minimum Gasteiger partial charge on any atom is -0.289 e. The summed E-state index contributed by atoms with van der Waals surface area (Å²) >= 11 is 0. The molecule has 0 N–H and O–H groups in total. The molecule has 0 heterocycles. The Morgan fingerprint density at radius 1 is 1.41 bits per heavy atom. The lowest BCUT2D eigenvalue weighted by molar-refractivity contribution is 0.102. The minimum atomic E-state index is -0.344. The van der Waals surface area contributed by atoms with Crippen molar-refractivity contribution in [2.75, 3.05) is 0 Å². The van der Waals surface area contributed by atoms with Gasteiger partial charge in [-0.2, -0.15) is 0 Å². The van der Waals surface area contributed by atoms with E-state index in [4.69, 9.17) is 0 Å². The van der Waals surface area contributed by atoms with E-state index in [2.05, 4.69) is 6.92 Å². The number of carbonyl (C=O) groups is 1. The zero-order valence-electron chi connectivity index (χ0n) is 10.3. The first kappa shape index (κ1) is 12.0. The van der Waals surface area contributed by atoms with Crippen molar-refractivity contribution in [2.45, 2.75) is 33.1 Å². The summed E-state index contributed by atoms with van der Waals surface area (Å²) in [6.07, 6.45) is 4.83. The van der Waals surface area contributed by atoms with Crippen LogP contribution in [0, 0.1) is 18.7 Å². The third-order valence-electron chi connectivity index (χ3n) is 3.41. The maximum Gasteiger partial charge on any atom is 0.189 e. The van der Waals surface area contributed by atoms with Crippen molar-refractivity contribution in [3.63, 3.8) is 0 Å². The van der Waals surface area contributed by atoms with Crippen molar-refractivity contribution >= 4 is 5.78 Å². The third-order valence-corrected chi connectivity index (χ3v) is 3.41. The summed E-state index contributed by atoms with van der Waals surface area (Å²) in [5.41, 5.74) is 2.19. The van der Waals surface area contributed by atoms with Crippen LogP contribution in [0.1, 0.15) is 42.1 Å². The number of rotatable bonds is 2. The highest BCUT2D eigenvalue weighted by Gasteiger charge is 2.19. The van der Waals surface area contributed by atoms with Crippen LogP contribution in [0.5, 0.6) is 0 Å². The van der Waals surface area contributed by atoms with Gasteiger partial charge in [-0.25, -0.2) is 4.39 Å². The molecular formula is C15H17FO. The Bertz CT molecular complexity index is 474. The van der Waals surface area contributed by atoms with E-state index in [1.54, 1.807) is 6.07 Å². The van der Waals surface area contributed by atoms with Crippen molar-refractivity contribution in [1.29, 1.82) is 0 Å². The summed E-state index contributed by atoms with van der Waals surface area (Å²) in [6, 6.07) is 4.40. The molecule has 0 saturated carbocycles. The molecule has 1 unspecified atom stereocenters. The molecule has 1 aromatic rings. The molecule has 2 heteroatoms. The Morgan fingerprint density at radius 3 is 2.82 bits per heavy atom. The smallest absolute Gasteiger partial charge is 0.189 e. The van der Waals surface area contributed by atoms with Crippen LogP contribution in [-0.2, 0) is 0 Å². The van der Waals surface area contributed by atoms with Gasteiger partial charge in [-0.05, 0) is 55.4 Å². The molecule has 0 fully saturated rings. The number of hydrogen-bond acceptors (Lipinski definition) is 1. The lowest BCUT2D eigenvalue weighted by Gasteiger charge is -2.18. The first-order valence-electron chi connectivity index (χ1n) is 6.08. The molecule has 2 rings (SSSR count). The predicted octanol–water partition coefficient (Wildman–Crippen LogP) is 4.06. The highest BCUT2D eigenvalue weighted by molar-refractivity contribution is 6.09. The van der Waals surface area contributed by atoms with Gasteiger partial charge in [0.2, 0.25) is 0 Å². The van der Waals surface area contributed by atoms with Gasteiger partial charge < -0.3 is 0 Å². The highest BCUT2D eigenvalue weighted by atomic mass is 19.1. The minimum absolute atomic E-state index is 0.00565. The molecule has 1 atom stereocenters. The van der Waals surface area contributed by atoms with Gasteiger partial charge in [0.25, 0.3) is 0 Å². The van der Waals surface area contributed by atoms with Gasteiger partial charge in [-0.3, -0.25) is 4.79 Å². The number of Topliss-reactive ketones (excluding diaryl/α,β-unsaturated/α-hetero) is 1. The monoisotopic (exact) mass is 232 g/mol. The average Bonchev–Trinajstić information content (AvgIpc) is 2.32. The fourth-order valence-electron chi connectivity index (χ4n) is 2.18. The van der Waals surface area contributed by atoms with Crippen molar-refractivity contribution < 1.29 is 9.18 Å². The lowest BCUT2D eigenvalue weighted by Crippen LogP contribution is -2.11. The van der Waals surface area contributed by atoms with Crippen LogP contribution in [0.4, 0.5) is 4.39 Å². The van der Waals surface area contributed by atoms with E-state index >= 15 is 0 Å². The standard InChI is InChI=1S/C15H17FO/c1-10-3-6-12(7-4-10)15(17)14-9-13(16)8-5-11(14)2/h5-6,8-10H,3-4,7H2,1-2H3. The quantitative estimate of drug-likeness (QED) is 0.703.